The van der Waals surface area contributed by atoms with Gasteiger partial charge in [-0.05, 0) is 36.6 Å². The van der Waals surface area contributed by atoms with E-state index in [0.717, 1.165) is 11.3 Å². The van der Waals surface area contributed by atoms with Crippen LogP contribution >= 0.6 is 11.6 Å². The van der Waals surface area contributed by atoms with Crippen LogP contribution < -0.4 is 16.0 Å². The molecule has 0 spiro atoms. The van der Waals surface area contributed by atoms with Gasteiger partial charge in [0, 0.05) is 23.3 Å². The zero-order chi connectivity index (χ0) is 22.8. The van der Waals surface area contributed by atoms with Gasteiger partial charge in [0.15, 0.2) is 0 Å². The van der Waals surface area contributed by atoms with Crippen molar-refractivity contribution in [3.05, 3.63) is 110 Å². The summed E-state index contributed by atoms with van der Waals surface area (Å²) >= 11 is 6.22. The number of nitrogens with two attached hydrogens (primary N) is 1. The topological polar surface area (TPSA) is 83.5 Å². The summed E-state index contributed by atoms with van der Waals surface area (Å²) in [5.41, 5.74) is 8.81. The highest BCUT2D eigenvalue weighted by atomic mass is 35.5. The summed E-state index contributed by atoms with van der Waals surface area (Å²) in [6, 6.07) is 18.7. The Morgan fingerprint density at radius 2 is 1.91 bits per heavy atom. The minimum atomic E-state index is -0.763. The minimum Gasteiger partial charge on any atom is -0.465 e. The first kappa shape index (κ1) is 21.7. The van der Waals surface area contributed by atoms with E-state index in [-0.39, 0.29) is 17.0 Å². The van der Waals surface area contributed by atoms with E-state index in [1.54, 1.807) is 34.9 Å². The molecule has 0 unspecified atom stereocenters. The van der Waals surface area contributed by atoms with E-state index in [1.807, 2.05) is 37.3 Å². The molecule has 1 aliphatic heterocycles. The van der Waals surface area contributed by atoms with Gasteiger partial charge in [-0.3, -0.25) is 4.79 Å². The summed E-state index contributed by atoms with van der Waals surface area (Å²) in [6.45, 7) is 2.33. The number of ether oxygens (including phenoxy) is 2. The highest BCUT2D eigenvalue weighted by Crippen LogP contribution is 2.41. The van der Waals surface area contributed by atoms with E-state index in [9.17, 15) is 9.59 Å². The van der Waals surface area contributed by atoms with Gasteiger partial charge < -0.3 is 19.8 Å². The Morgan fingerprint density at radius 1 is 1.16 bits per heavy atom. The van der Waals surface area contributed by atoms with Gasteiger partial charge in [-0.1, -0.05) is 54.1 Å². The van der Waals surface area contributed by atoms with E-state index in [2.05, 4.69) is 0 Å². The maximum atomic E-state index is 13.7. The van der Waals surface area contributed by atoms with Crippen molar-refractivity contribution in [2.45, 2.75) is 25.8 Å². The fourth-order valence-corrected chi connectivity index (χ4v) is 4.28. The van der Waals surface area contributed by atoms with Gasteiger partial charge in [0.2, 0.25) is 5.88 Å². The van der Waals surface area contributed by atoms with Gasteiger partial charge in [-0.25, -0.2) is 4.79 Å². The second-order valence-corrected chi connectivity index (χ2v) is 8.05. The van der Waals surface area contributed by atoms with Crippen molar-refractivity contribution >= 4 is 17.6 Å². The number of esters is 1. The molecule has 32 heavy (non-hydrogen) atoms. The van der Waals surface area contributed by atoms with Crippen LogP contribution in [0.15, 0.2) is 76.9 Å². The molecule has 0 saturated heterocycles. The van der Waals surface area contributed by atoms with E-state index >= 15 is 0 Å². The molecule has 1 aromatic heterocycles. The molecule has 4 rings (SSSR count). The lowest BCUT2D eigenvalue weighted by Crippen LogP contribution is -2.35. The van der Waals surface area contributed by atoms with Crippen molar-refractivity contribution < 1.29 is 14.3 Å². The molecule has 2 N–H and O–H groups in total. The van der Waals surface area contributed by atoms with Crippen LogP contribution in [0.3, 0.4) is 0 Å². The zero-order valence-corrected chi connectivity index (χ0v) is 18.6. The van der Waals surface area contributed by atoms with Gasteiger partial charge in [-0.2, -0.15) is 0 Å². The van der Waals surface area contributed by atoms with Crippen molar-refractivity contribution in [3.8, 4) is 5.75 Å². The number of hydrogen-bond donors (Lipinski definition) is 1. The third-order valence-corrected chi connectivity index (χ3v) is 5.86. The van der Waals surface area contributed by atoms with Crippen molar-refractivity contribution in [1.82, 2.24) is 4.57 Å². The summed E-state index contributed by atoms with van der Waals surface area (Å²) in [6.07, 6.45) is 0.685. The van der Waals surface area contributed by atoms with Gasteiger partial charge in [-0.15, -0.1) is 0 Å². The van der Waals surface area contributed by atoms with Crippen LogP contribution in [0.2, 0.25) is 5.02 Å². The minimum absolute atomic E-state index is 0.0813. The van der Waals surface area contributed by atoms with E-state index in [4.69, 9.17) is 26.8 Å². The third-order valence-electron chi connectivity index (χ3n) is 5.62. The molecule has 6 nitrogen and oxygen atoms in total. The number of halogens is 1. The predicted octanol–water partition coefficient (Wildman–Crippen LogP) is 3.92. The number of methoxy groups -OCH3 is 1. The number of carbonyl (C=O) groups is 1. The van der Waals surface area contributed by atoms with Gasteiger partial charge in [0.05, 0.1) is 18.6 Å². The van der Waals surface area contributed by atoms with Crippen LogP contribution in [0.1, 0.15) is 28.3 Å². The van der Waals surface area contributed by atoms with Gasteiger partial charge in [0.1, 0.15) is 11.3 Å². The van der Waals surface area contributed by atoms with Crippen LogP contribution in [0.5, 0.6) is 5.75 Å². The molecular weight excluding hydrogens is 428 g/mol. The summed E-state index contributed by atoms with van der Waals surface area (Å²) < 4.78 is 12.4. The Labute approximate surface area is 190 Å². The van der Waals surface area contributed by atoms with E-state index < -0.39 is 11.9 Å². The molecular formula is C25H23ClN2O4. The lowest BCUT2D eigenvalue weighted by atomic mass is 9.83. The number of aromatic nitrogens is 1. The fourth-order valence-electron chi connectivity index (χ4n) is 4.08. The van der Waals surface area contributed by atoms with E-state index in [0.29, 0.717) is 34.9 Å². The molecule has 7 heteroatoms. The summed E-state index contributed by atoms with van der Waals surface area (Å²) in [5.74, 6) is -1.18. The Hall–Kier alpha value is -3.51. The molecule has 3 aromatic rings. The quantitative estimate of drug-likeness (QED) is 0.595. The number of benzene rings is 2. The van der Waals surface area contributed by atoms with Crippen molar-refractivity contribution in [2.24, 2.45) is 5.73 Å². The molecule has 1 atom stereocenters. The summed E-state index contributed by atoms with van der Waals surface area (Å²) in [7, 11) is 1.26. The third kappa shape index (κ3) is 4.01. The summed E-state index contributed by atoms with van der Waals surface area (Å²) in [4.78, 5) is 26.4. The molecule has 1 aliphatic rings. The Morgan fingerprint density at radius 3 is 2.59 bits per heavy atom. The number of rotatable bonds is 5. The van der Waals surface area contributed by atoms with Crippen LogP contribution in [-0.4, -0.2) is 17.6 Å². The second-order valence-electron chi connectivity index (χ2n) is 7.62. The van der Waals surface area contributed by atoms with Gasteiger partial charge >= 0.3 is 5.97 Å². The van der Waals surface area contributed by atoms with Crippen molar-refractivity contribution in [3.63, 3.8) is 0 Å². The molecule has 0 saturated carbocycles. The second kappa shape index (κ2) is 8.93. The zero-order valence-electron chi connectivity index (χ0n) is 17.8. The molecule has 0 fully saturated rings. The molecule has 0 bridgehead atoms. The Balaban J connectivity index is 1.87. The summed E-state index contributed by atoms with van der Waals surface area (Å²) in [5, 5.41) is 0.481. The molecule has 164 valence electrons. The van der Waals surface area contributed by atoms with Crippen LogP contribution in [0.4, 0.5) is 0 Å². The normalized spacial score (nSPS) is 15.2. The first-order chi connectivity index (χ1) is 15.4. The molecule has 0 amide bonds. The molecule has 2 aromatic carbocycles. The Bertz CT molecular complexity index is 1260. The molecule has 0 aliphatic carbocycles. The van der Waals surface area contributed by atoms with Crippen molar-refractivity contribution in [1.29, 1.82) is 0 Å². The van der Waals surface area contributed by atoms with Gasteiger partial charge in [0.25, 0.3) is 5.56 Å². The highest BCUT2D eigenvalue weighted by Gasteiger charge is 2.38. The smallest absolute Gasteiger partial charge is 0.340 e. The monoisotopic (exact) mass is 450 g/mol. The number of hydrogen-bond acceptors (Lipinski definition) is 5. The first-order valence-corrected chi connectivity index (χ1v) is 10.6. The van der Waals surface area contributed by atoms with Crippen LogP contribution in [0.25, 0.3) is 0 Å². The number of aryl methyl sites for hydroxylation is 2. The Kier molecular flexibility index (Phi) is 6.06. The average molecular weight is 451 g/mol. The number of carbonyl (C=O) groups excluding carboxylic acids is 1. The van der Waals surface area contributed by atoms with E-state index in [1.165, 1.54) is 7.11 Å². The largest absolute Gasteiger partial charge is 0.465 e. The van der Waals surface area contributed by atoms with Crippen LogP contribution in [0, 0.1) is 6.92 Å². The highest BCUT2D eigenvalue weighted by molar-refractivity contribution is 6.30. The first-order valence-electron chi connectivity index (χ1n) is 10.2. The molecule has 0 radical (unpaired) electrons. The lowest BCUT2D eigenvalue weighted by Gasteiger charge is -2.29. The SMILES string of the molecule is COC(=O)C1=C(N)Oc2cc(C)n(CCc3ccccc3)c(=O)c2[C@@H]1c1cccc(Cl)c1. The van der Waals surface area contributed by atoms with Crippen molar-refractivity contribution in [2.75, 3.05) is 7.11 Å². The number of nitrogens with zero attached hydrogens (tertiary/aromatic N) is 1. The fraction of sp³-hybridized carbons (Fsp3) is 0.200. The number of pyridine rings is 1. The van der Waals surface area contributed by atoms with Crippen LogP contribution in [-0.2, 0) is 22.5 Å². The maximum absolute atomic E-state index is 13.7. The number of fused-ring (bicyclic) bond motifs is 1. The lowest BCUT2D eigenvalue weighted by molar-refractivity contribution is -0.136. The standard InChI is InChI=1S/C25H23ClN2O4/c1-15-13-19-21(24(29)28(15)12-11-16-7-4-3-5-8-16)20(17-9-6-10-18(26)14-17)22(23(27)32-19)25(30)31-2/h3-10,13-14,20H,11-12,27H2,1-2H3/t20-/m0/s1. The molecule has 2 heterocycles. The predicted molar refractivity (Wildman–Crippen MR) is 123 cm³/mol. The average Bonchev–Trinajstić information content (AvgIpc) is 2.78. The maximum Gasteiger partial charge on any atom is 0.340 e.